The number of hydrogen-bond donors (Lipinski definition) is 2. The van der Waals surface area contributed by atoms with Crippen molar-refractivity contribution in [2.45, 2.75) is 32.7 Å². The van der Waals surface area contributed by atoms with Crippen LogP contribution < -0.4 is 11.3 Å². The molecule has 84 valence electrons. The molecule has 0 bridgehead atoms. The molecule has 1 aromatic rings. The van der Waals surface area contributed by atoms with E-state index in [1.54, 1.807) is 6.20 Å². The molecular formula is C11H18ClN3. The maximum atomic E-state index is 6.07. The van der Waals surface area contributed by atoms with Crippen molar-refractivity contribution >= 4 is 11.6 Å². The molecule has 0 spiro atoms. The fourth-order valence-electron chi connectivity index (χ4n) is 1.48. The van der Waals surface area contributed by atoms with Crippen LogP contribution in [0, 0.1) is 5.92 Å². The van der Waals surface area contributed by atoms with Gasteiger partial charge >= 0.3 is 0 Å². The third-order valence-electron chi connectivity index (χ3n) is 2.65. The molecule has 2 unspecified atom stereocenters. The van der Waals surface area contributed by atoms with Crippen LogP contribution in [0.25, 0.3) is 0 Å². The first-order valence-corrected chi connectivity index (χ1v) is 5.63. The summed E-state index contributed by atoms with van der Waals surface area (Å²) in [7, 11) is 0. The second-order valence-corrected chi connectivity index (χ2v) is 4.25. The normalized spacial score (nSPS) is 14.9. The van der Waals surface area contributed by atoms with Crippen LogP contribution in [-0.2, 0) is 0 Å². The largest absolute Gasteiger partial charge is 0.271 e. The van der Waals surface area contributed by atoms with Gasteiger partial charge in [-0.05, 0) is 24.5 Å². The molecule has 3 N–H and O–H groups in total. The van der Waals surface area contributed by atoms with Crippen molar-refractivity contribution in [3.8, 4) is 0 Å². The first kappa shape index (κ1) is 12.4. The Hall–Kier alpha value is -0.640. The van der Waals surface area contributed by atoms with Crippen LogP contribution in [0.15, 0.2) is 18.3 Å². The van der Waals surface area contributed by atoms with Crippen LogP contribution >= 0.6 is 11.6 Å². The monoisotopic (exact) mass is 227 g/mol. The molecule has 0 aromatic carbocycles. The minimum Gasteiger partial charge on any atom is -0.271 e. The Morgan fingerprint density at radius 3 is 2.87 bits per heavy atom. The van der Waals surface area contributed by atoms with Gasteiger partial charge in [0.1, 0.15) is 0 Å². The Morgan fingerprint density at radius 1 is 1.60 bits per heavy atom. The molecule has 15 heavy (non-hydrogen) atoms. The molecule has 0 fully saturated rings. The summed E-state index contributed by atoms with van der Waals surface area (Å²) in [5.41, 5.74) is 3.61. The summed E-state index contributed by atoms with van der Waals surface area (Å²) < 4.78 is 0. The summed E-state index contributed by atoms with van der Waals surface area (Å²) in [6, 6.07) is 3.70. The van der Waals surface area contributed by atoms with Crippen molar-refractivity contribution in [2.24, 2.45) is 11.8 Å². The van der Waals surface area contributed by atoms with Crippen LogP contribution in [0.4, 0.5) is 0 Å². The maximum Gasteiger partial charge on any atom is 0.0772 e. The number of pyridine rings is 1. The van der Waals surface area contributed by atoms with Gasteiger partial charge in [-0.25, -0.2) is 0 Å². The first-order chi connectivity index (χ1) is 7.19. The van der Waals surface area contributed by atoms with Gasteiger partial charge in [0.15, 0.2) is 0 Å². The van der Waals surface area contributed by atoms with E-state index < -0.39 is 0 Å². The number of nitrogens with one attached hydrogen (secondary N) is 1. The van der Waals surface area contributed by atoms with E-state index in [-0.39, 0.29) is 6.04 Å². The van der Waals surface area contributed by atoms with Gasteiger partial charge in [-0.3, -0.25) is 16.3 Å². The van der Waals surface area contributed by atoms with Crippen LogP contribution in [0.5, 0.6) is 0 Å². The summed E-state index contributed by atoms with van der Waals surface area (Å²) in [5.74, 6) is 6.13. The lowest BCUT2D eigenvalue weighted by atomic mass is 9.97. The molecule has 0 aliphatic heterocycles. The highest BCUT2D eigenvalue weighted by molar-refractivity contribution is 6.31. The molecule has 3 nitrogen and oxygen atoms in total. The highest BCUT2D eigenvalue weighted by Crippen LogP contribution is 2.25. The van der Waals surface area contributed by atoms with Gasteiger partial charge in [-0.15, -0.1) is 0 Å². The molecule has 0 aliphatic carbocycles. The van der Waals surface area contributed by atoms with E-state index in [4.69, 9.17) is 17.4 Å². The highest BCUT2D eigenvalue weighted by Gasteiger charge is 2.16. The van der Waals surface area contributed by atoms with Crippen LogP contribution in [-0.4, -0.2) is 4.98 Å². The lowest BCUT2D eigenvalue weighted by molar-refractivity contribution is 0.402. The topological polar surface area (TPSA) is 50.9 Å². The van der Waals surface area contributed by atoms with Crippen molar-refractivity contribution < 1.29 is 0 Å². The summed E-state index contributed by atoms with van der Waals surface area (Å²) >= 11 is 6.07. The van der Waals surface area contributed by atoms with Gasteiger partial charge in [0.05, 0.1) is 16.8 Å². The van der Waals surface area contributed by atoms with E-state index in [2.05, 4.69) is 24.3 Å². The third-order valence-corrected chi connectivity index (χ3v) is 2.97. The molecule has 1 heterocycles. The summed E-state index contributed by atoms with van der Waals surface area (Å²) in [4.78, 5) is 4.26. The Bertz CT molecular complexity index is 304. The molecule has 0 saturated carbocycles. The van der Waals surface area contributed by atoms with Gasteiger partial charge < -0.3 is 0 Å². The predicted octanol–water partition coefficient (Wildman–Crippen LogP) is 2.68. The average molecular weight is 228 g/mol. The van der Waals surface area contributed by atoms with E-state index in [1.165, 1.54) is 0 Å². The van der Waals surface area contributed by atoms with Crippen LogP contribution in [0.2, 0.25) is 5.02 Å². The molecular weight excluding hydrogens is 210 g/mol. The standard InChI is InChI=1S/C11H18ClN3/c1-3-8(2)7-10(15-13)11-9(12)5-4-6-14-11/h4-6,8,10,15H,3,7,13H2,1-2H3. The SMILES string of the molecule is CCC(C)CC(NN)c1ncccc1Cl. The van der Waals surface area contributed by atoms with Crippen LogP contribution in [0.3, 0.4) is 0 Å². The molecule has 4 heteroatoms. The number of halogens is 1. The van der Waals surface area contributed by atoms with Crippen molar-refractivity contribution in [2.75, 3.05) is 0 Å². The van der Waals surface area contributed by atoms with Crippen molar-refractivity contribution in [1.82, 2.24) is 10.4 Å². The minimum atomic E-state index is 0.0358. The molecule has 0 amide bonds. The number of rotatable bonds is 5. The summed E-state index contributed by atoms with van der Waals surface area (Å²) in [6.45, 7) is 4.36. The number of hydrazine groups is 1. The van der Waals surface area contributed by atoms with E-state index in [1.807, 2.05) is 12.1 Å². The second kappa shape index (κ2) is 6.05. The van der Waals surface area contributed by atoms with E-state index in [9.17, 15) is 0 Å². The Kier molecular flexibility index (Phi) is 5.02. The van der Waals surface area contributed by atoms with E-state index in [0.29, 0.717) is 10.9 Å². The molecule has 0 radical (unpaired) electrons. The second-order valence-electron chi connectivity index (χ2n) is 3.84. The van der Waals surface area contributed by atoms with Crippen LogP contribution in [0.1, 0.15) is 38.4 Å². The van der Waals surface area contributed by atoms with Gasteiger partial charge in [0, 0.05) is 6.20 Å². The molecule has 0 saturated heterocycles. The fraction of sp³-hybridized carbons (Fsp3) is 0.545. The number of aromatic nitrogens is 1. The smallest absolute Gasteiger partial charge is 0.0772 e. The van der Waals surface area contributed by atoms with Crippen molar-refractivity contribution in [1.29, 1.82) is 0 Å². The maximum absolute atomic E-state index is 6.07. The Morgan fingerprint density at radius 2 is 2.33 bits per heavy atom. The molecule has 1 rings (SSSR count). The Labute approximate surface area is 96.0 Å². The zero-order valence-corrected chi connectivity index (χ0v) is 9.96. The zero-order valence-electron chi connectivity index (χ0n) is 9.20. The van der Waals surface area contributed by atoms with Gasteiger partial charge in [-0.1, -0.05) is 31.9 Å². The number of nitrogens with zero attached hydrogens (tertiary/aromatic N) is 1. The minimum absolute atomic E-state index is 0.0358. The lowest BCUT2D eigenvalue weighted by Gasteiger charge is -2.19. The van der Waals surface area contributed by atoms with E-state index >= 15 is 0 Å². The predicted molar refractivity (Wildman–Crippen MR) is 63.4 cm³/mol. The van der Waals surface area contributed by atoms with E-state index in [0.717, 1.165) is 18.5 Å². The first-order valence-electron chi connectivity index (χ1n) is 5.25. The average Bonchev–Trinajstić information content (AvgIpc) is 2.26. The van der Waals surface area contributed by atoms with Crippen molar-refractivity contribution in [3.05, 3.63) is 29.0 Å². The van der Waals surface area contributed by atoms with Gasteiger partial charge in [0.25, 0.3) is 0 Å². The van der Waals surface area contributed by atoms with Gasteiger partial charge in [-0.2, -0.15) is 0 Å². The summed E-state index contributed by atoms with van der Waals surface area (Å²) in [6.07, 6.45) is 3.81. The lowest BCUT2D eigenvalue weighted by Crippen LogP contribution is -2.30. The zero-order chi connectivity index (χ0) is 11.3. The molecule has 1 aromatic heterocycles. The Balaban J connectivity index is 2.78. The highest BCUT2D eigenvalue weighted by atomic mass is 35.5. The fourth-order valence-corrected chi connectivity index (χ4v) is 1.74. The van der Waals surface area contributed by atoms with Gasteiger partial charge in [0.2, 0.25) is 0 Å². The summed E-state index contributed by atoms with van der Waals surface area (Å²) in [5, 5.41) is 0.670. The molecule has 2 atom stereocenters. The quantitative estimate of drug-likeness (QED) is 0.601. The van der Waals surface area contributed by atoms with Crippen molar-refractivity contribution in [3.63, 3.8) is 0 Å². The number of hydrogen-bond acceptors (Lipinski definition) is 3. The molecule has 0 aliphatic rings. The number of nitrogens with two attached hydrogens (primary N) is 1. The third kappa shape index (κ3) is 3.45.